The second kappa shape index (κ2) is 5.92. The minimum atomic E-state index is 0.0999. The number of anilines is 1. The Hall–Kier alpha value is -0.780. The third-order valence-electron chi connectivity index (χ3n) is 3.27. The number of nitrogens with zero attached hydrogens (tertiary/aromatic N) is 1. The number of hydrogen-bond donors (Lipinski definition) is 0. The number of para-hydroxylation sites is 1. The highest BCUT2D eigenvalue weighted by atomic mass is 79.9. The number of carbonyl (C=O) groups excluding carboxylic acids is 1. The van der Waals surface area contributed by atoms with Crippen molar-refractivity contribution < 1.29 is 4.79 Å². The van der Waals surface area contributed by atoms with Crippen LogP contribution in [0.2, 0.25) is 0 Å². The van der Waals surface area contributed by atoms with Gasteiger partial charge >= 0.3 is 0 Å². The van der Waals surface area contributed by atoms with E-state index < -0.39 is 0 Å². The molecule has 0 aliphatic carbocycles. The van der Waals surface area contributed by atoms with E-state index in [1.165, 1.54) is 16.2 Å². The van der Waals surface area contributed by atoms with E-state index in [-0.39, 0.29) is 5.91 Å². The minimum absolute atomic E-state index is 0.0999. The van der Waals surface area contributed by atoms with Crippen LogP contribution in [0.4, 0.5) is 5.69 Å². The molecule has 2 aromatic rings. The third-order valence-corrected chi connectivity index (χ3v) is 6.12. The summed E-state index contributed by atoms with van der Waals surface area (Å²) < 4.78 is 0.992. The average molecular weight is 368 g/mol. The maximum atomic E-state index is 12.7. The molecule has 2 heterocycles. The van der Waals surface area contributed by atoms with Crippen molar-refractivity contribution in [3.63, 3.8) is 0 Å². The van der Waals surface area contributed by atoms with E-state index in [9.17, 15) is 4.79 Å². The monoisotopic (exact) mass is 367 g/mol. The van der Waals surface area contributed by atoms with Gasteiger partial charge in [-0.3, -0.25) is 4.79 Å². The van der Waals surface area contributed by atoms with Crippen LogP contribution in [0.3, 0.4) is 0 Å². The van der Waals surface area contributed by atoms with Crippen LogP contribution < -0.4 is 4.90 Å². The molecule has 1 aliphatic rings. The van der Waals surface area contributed by atoms with Crippen LogP contribution in [-0.4, -0.2) is 17.7 Å². The molecule has 0 spiro atoms. The molecule has 0 fully saturated rings. The first-order valence-corrected chi connectivity index (χ1v) is 8.97. The smallest absolute Gasteiger partial charge is 0.268 e. The summed E-state index contributed by atoms with van der Waals surface area (Å²) in [6, 6.07) is 12.0. The molecule has 1 unspecified atom stereocenters. The maximum absolute atomic E-state index is 12.7. The molecule has 0 radical (unpaired) electrons. The van der Waals surface area contributed by atoms with Crippen LogP contribution in [0.15, 0.2) is 45.1 Å². The van der Waals surface area contributed by atoms with Gasteiger partial charge in [-0.2, -0.15) is 0 Å². The first kappa shape index (κ1) is 14.2. The second-order valence-corrected chi connectivity index (χ2v) is 8.69. The lowest BCUT2D eigenvalue weighted by molar-refractivity contribution is 0.0990. The molecule has 0 bridgehead atoms. The lowest BCUT2D eigenvalue weighted by atomic mass is 10.2. The molecule has 0 N–H and O–H groups in total. The summed E-state index contributed by atoms with van der Waals surface area (Å²) in [5, 5.41) is 0.532. The summed E-state index contributed by atoms with van der Waals surface area (Å²) in [5.41, 5.74) is 1.04. The summed E-state index contributed by atoms with van der Waals surface area (Å²) in [5.74, 6) is 0.0999. The van der Waals surface area contributed by atoms with E-state index in [1.807, 2.05) is 47.0 Å². The molecule has 1 aromatic heterocycles. The molecule has 3 rings (SSSR count). The van der Waals surface area contributed by atoms with Crippen LogP contribution >= 0.6 is 39.0 Å². The lowest BCUT2D eigenvalue weighted by Crippen LogP contribution is -2.31. The maximum Gasteiger partial charge on any atom is 0.268 e. The minimum Gasteiger partial charge on any atom is -0.306 e. The van der Waals surface area contributed by atoms with Crippen molar-refractivity contribution in [1.82, 2.24) is 0 Å². The van der Waals surface area contributed by atoms with Crippen molar-refractivity contribution in [3.05, 3.63) is 45.1 Å². The molecule has 2 nitrogen and oxygen atoms in total. The van der Waals surface area contributed by atoms with Crippen LogP contribution in [0, 0.1) is 0 Å². The molecule has 5 heteroatoms. The molecule has 1 amide bonds. The number of carbonyl (C=O) groups is 1. The van der Waals surface area contributed by atoms with Crippen molar-refractivity contribution >= 4 is 50.6 Å². The Morgan fingerprint density at radius 3 is 2.85 bits per heavy atom. The lowest BCUT2D eigenvalue weighted by Gasteiger charge is -2.21. The normalized spacial score (nSPS) is 18.5. The van der Waals surface area contributed by atoms with Crippen LogP contribution in [0.1, 0.15) is 23.0 Å². The highest BCUT2D eigenvalue weighted by Crippen LogP contribution is 2.38. The quantitative estimate of drug-likeness (QED) is 0.703. The molecule has 1 aliphatic heterocycles. The van der Waals surface area contributed by atoms with E-state index >= 15 is 0 Å². The van der Waals surface area contributed by atoms with Crippen molar-refractivity contribution in [3.8, 4) is 0 Å². The Labute approximate surface area is 135 Å². The largest absolute Gasteiger partial charge is 0.306 e. The SMILES string of the molecule is CC1CCN(C(=O)c2ccc(Br)s2)c2ccccc2S1. The van der Waals surface area contributed by atoms with E-state index in [0.29, 0.717) is 5.25 Å². The Bertz CT molecular complexity index is 640. The molecular weight excluding hydrogens is 354 g/mol. The van der Waals surface area contributed by atoms with Gasteiger partial charge in [0.2, 0.25) is 0 Å². The number of amides is 1. The number of rotatable bonds is 1. The Morgan fingerprint density at radius 1 is 1.30 bits per heavy atom. The van der Waals surface area contributed by atoms with Gasteiger partial charge in [-0.25, -0.2) is 0 Å². The van der Waals surface area contributed by atoms with Gasteiger partial charge in [0.1, 0.15) is 0 Å². The molecule has 0 saturated carbocycles. The van der Waals surface area contributed by atoms with Crippen LogP contribution in [0.5, 0.6) is 0 Å². The summed E-state index contributed by atoms with van der Waals surface area (Å²) in [7, 11) is 0. The van der Waals surface area contributed by atoms with Crippen molar-refractivity contribution in [2.75, 3.05) is 11.4 Å². The van der Waals surface area contributed by atoms with Crippen molar-refractivity contribution in [1.29, 1.82) is 0 Å². The Balaban J connectivity index is 1.99. The number of fused-ring (bicyclic) bond motifs is 1. The molecule has 104 valence electrons. The fourth-order valence-corrected chi connectivity index (χ4v) is 4.71. The van der Waals surface area contributed by atoms with Crippen molar-refractivity contribution in [2.45, 2.75) is 23.5 Å². The predicted molar refractivity (Wildman–Crippen MR) is 90.1 cm³/mol. The fourth-order valence-electron chi connectivity index (χ4n) is 2.26. The standard InChI is InChI=1S/C15H14BrNOS2/c1-10-8-9-17(11-4-2-3-5-12(11)19-10)15(18)13-6-7-14(16)20-13/h2-7,10H,8-9H2,1H3. The topological polar surface area (TPSA) is 20.3 Å². The summed E-state index contributed by atoms with van der Waals surface area (Å²) in [4.78, 5) is 16.6. The van der Waals surface area contributed by atoms with Gasteiger partial charge in [0.05, 0.1) is 14.4 Å². The molecule has 20 heavy (non-hydrogen) atoms. The van der Waals surface area contributed by atoms with E-state index in [4.69, 9.17) is 0 Å². The summed E-state index contributed by atoms with van der Waals surface area (Å²) >= 11 is 6.77. The van der Waals surface area contributed by atoms with Gasteiger partial charge in [0, 0.05) is 16.7 Å². The van der Waals surface area contributed by atoms with Crippen molar-refractivity contribution in [2.24, 2.45) is 0 Å². The zero-order chi connectivity index (χ0) is 14.1. The Morgan fingerprint density at radius 2 is 2.10 bits per heavy atom. The van der Waals surface area contributed by atoms with Gasteiger partial charge in [-0.15, -0.1) is 23.1 Å². The third kappa shape index (κ3) is 2.80. The second-order valence-electron chi connectivity index (χ2n) is 4.75. The van der Waals surface area contributed by atoms with Crippen LogP contribution in [0.25, 0.3) is 0 Å². The molecule has 0 saturated heterocycles. The number of halogens is 1. The van der Waals surface area contributed by atoms with Gasteiger partial charge < -0.3 is 4.90 Å². The van der Waals surface area contributed by atoms with E-state index in [0.717, 1.165) is 27.3 Å². The number of thiophene rings is 1. The van der Waals surface area contributed by atoms with Gasteiger partial charge in [-0.05, 0) is 46.6 Å². The predicted octanol–water partition coefficient (Wildman–Crippen LogP) is 5.04. The zero-order valence-electron chi connectivity index (χ0n) is 11.0. The van der Waals surface area contributed by atoms with E-state index in [1.54, 1.807) is 0 Å². The number of benzene rings is 1. The zero-order valence-corrected chi connectivity index (χ0v) is 14.2. The highest BCUT2D eigenvalue weighted by molar-refractivity contribution is 9.11. The fraction of sp³-hybridized carbons (Fsp3) is 0.267. The van der Waals surface area contributed by atoms with E-state index in [2.05, 4.69) is 28.9 Å². The molecule has 1 aromatic carbocycles. The number of hydrogen-bond acceptors (Lipinski definition) is 3. The first-order valence-electron chi connectivity index (χ1n) is 6.48. The number of thioether (sulfide) groups is 1. The average Bonchev–Trinajstić information content (AvgIpc) is 2.79. The van der Waals surface area contributed by atoms with Crippen LogP contribution in [-0.2, 0) is 0 Å². The molecular formula is C15H14BrNOS2. The molecule has 1 atom stereocenters. The van der Waals surface area contributed by atoms with Gasteiger partial charge in [0.25, 0.3) is 5.91 Å². The summed E-state index contributed by atoms with van der Waals surface area (Å²) in [6.07, 6.45) is 1.01. The first-order chi connectivity index (χ1) is 9.65. The Kier molecular flexibility index (Phi) is 4.19. The van der Waals surface area contributed by atoms with Gasteiger partial charge in [0.15, 0.2) is 0 Å². The summed E-state index contributed by atoms with van der Waals surface area (Å²) in [6.45, 7) is 3.00. The highest BCUT2D eigenvalue weighted by Gasteiger charge is 2.25. The van der Waals surface area contributed by atoms with Gasteiger partial charge in [-0.1, -0.05) is 19.1 Å².